The molecule has 0 N–H and O–H groups in total. The molecule has 0 radical (unpaired) electrons. The molecule has 1 unspecified atom stereocenters. The Kier molecular flexibility index (Phi) is 5.34. The van der Waals surface area contributed by atoms with Crippen molar-refractivity contribution in [2.45, 2.75) is 12.8 Å². The van der Waals surface area contributed by atoms with Crippen LogP contribution in [0.1, 0.15) is 12.0 Å². The zero-order valence-electron chi connectivity index (χ0n) is 16.1. The number of nitro benzene ring substituents is 1. The normalized spacial score (nSPS) is 18.4. The summed E-state index contributed by atoms with van der Waals surface area (Å²) in [6.07, 6.45) is 2.38. The van der Waals surface area contributed by atoms with Gasteiger partial charge in [0.15, 0.2) is 5.36 Å². The van der Waals surface area contributed by atoms with Gasteiger partial charge in [0, 0.05) is 32.7 Å². The summed E-state index contributed by atoms with van der Waals surface area (Å²) in [6.45, 7) is 4.36. The van der Waals surface area contributed by atoms with Crippen LogP contribution in [0.15, 0.2) is 52.4 Å². The second-order valence-electron chi connectivity index (χ2n) is 7.58. The number of fused-ring (bicyclic) bond motifs is 1. The quantitative estimate of drug-likeness (QED) is 0.543. The first kappa shape index (κ1) is 18.6. The summed E-state index contributed by atoms with van der Waals surface area (Å²) in [7, 11) is 2.02. The van der Waals surface area contributed by atoms with Gasteiger partial charge >= 0.3 is 0 Å². The molecule has 7 heteroatoms. The largest absolute Gasteiger partial charge is 0.372 e. The van der Waals surface area contributed by atoms with Gasteiger partial charge in [-0.2, -0.15) is 0 Å². The number of nitro groups is 1. The lowest BCUT2D eigenvalue weighted by molar-refractivity contribution is -0.386. The molecule has 0 saturated carbocycles. The molecule has 4 rings (SSSR count). The number of likely N-dealkylation sites (N-methyl/N-ethyl adjacent to an activating group) is 1. The van der Waals surface area contributed by atoms with Crippen LogP contribution in [-0.4, -0.2) is 49.7 Å². The molecule has 146 valence electrons. The predicted octanol–water partition coefficient (Wildman–Crippen LogP) is 1.81. The number of hydrogen-bond acceptors (Lipinski definition) is 6. The second-order valence-corrected chi connectivity index (χ2v) is 7.58. The molecule has 2 aliphatic heterocycles. The molecule has 7 nitrogen and oxygen atoms in total. The zero-order chi connectivity index (χ0) is 19.5. The summed E-state index contributed by atoms with van der Waals surface area (Å²) in [5, 5.41) is 12.3. The van der Waals surface area contributed by atoms with Gasteiger partial charge in [0.2, 0.25) is 0 Å². The fraction of sp³-hybridized carbons (Fsp3) is 0.429. The Morgan fingerprint density at radius 2 is 1.96 bits per heavy atom. The predicted molar refractivity (Wildman–Crippen MR) is 108 cm³/mol. The lowest BCUT2D eigenvalue weighted by Gasteiger charge is -2.23. The van der Waals surface area contributed by atoms with Crippen molar-refractivity contribution < 1.29 is 4.92 Å². The SMILES string of the molecule is CN(CCN1CCC(Cc2ccccc2)C1)c1ccc([N+](=O)[O-])c2c1=NCN=2. The standard InChI is InChI=1S/C21H25N5O2/c1-24(18-7-8-19(26(27)28)21-20(18)22-15-23-21)11-12-25-10-9-17(14-25)13-16-5-3-2-4-6-16/h2-8,17H,9-15H2,1H3. The Bertz CT molecular complexity index is 976. The summed E-state index contributed by atoms with van der Waals surface area (Å²) < 4.78 is 0. The third-order valence-electron chi connectivity index (χ3n) is 5.66. The van der Waals surface area contributed by atoms with Gasteiger partial charge in [0.25, 0.3) is 5.69 Å². The summed E-state index contributed by atoms with van der Waals surface area (Å²) in [5.41, 5.74) is 2.37. The molecule has 28 heavy (non-hydrogen) atoms. The molecule has 2 aromatic rings. The first-order chi connectivity index (χ1) is 13.6. The van der Waals surface area contributed by atoms with Crippen molar-refractivity contribution in [1.82, 2.24) is 4.90 Å². The van der Waals surface area contributed by atoms with E-state index in [0.29, 0.717) is 16.6 Å². The number of benzene rings is 2. The first-order valence-electron chi connectivity index (χ1n) is 9.75. The van der Waals surface area contributed by atoms with E-state index in [1.165, 1.54) is 12.0 Å². The average molecular weight is 379 g/mol. The van der Waals surface area contributed by atoms with Crippen molar-refractivity contribution >= 4 is 11.4 Å². The average Bonchev–Trinajstić information content (AvgIpc) is 3.35. The Balaban J connectivity index is 1.36. The van der Waals surface area contributed by atoms with Gasteiger partial charge in [0.1, 0.15) is 12.0 Å². The molecule has 1 atom stereocenters. The Morgan fingerprint density at radius 1 is 1.18 bits per heavy atom. The maximum atomic E-state index is 11.2. The molecule has 0 aromatic heterocycles. The number of anilines is 1. The van der Waals surface area contributed by atoms with E-state index in [4.69, 9.17) is 0 Å². The highest BCUT2D eigenvalue weighted by Gasteiger charge is 2.23. The molecule has 1 fully saturated rings. The molecule has 0 amide bonds. The molecule has 0 aliphatic carbocycles. The minimum absolute atomic E-state index is 0.0386. The Labute approximate surface area is 164 Å². The molecular weight excluding hydrogens is 354 g/mol. The van der Waals surface area contributed by atoms with Gasteiger partial charge in [-0.1, -0.05) is 30.3 Å². The third-order valence-corrected chi connectivity index (χ3v) is 5.66. The highest BCUT2D eigenvalue weighted by atomic mass is 16.6. The van der Waals surface area contributed by atoms with Crippen LogP contribution in [0.25, 0.3) is 0 Å². The van der Waals surface area contributed by atoms with E-state index in [9.17, 15) is 10.1 Å². The van der Waals surface area contributed by atoms with Crippen LogP contribution in [0, 0.1) is 16.0 Å². The van der Waals surface area contributed by atoms with Crippen LogP contribution in [0.4, 0.5) is 11.4 Å². The lowest BCUT2D eigenvalue weighted by Crippen LogP contribution is -2.37. The summed E-state index contributed by atoms with van der Waals surface area (Å²) in [5.74, 6) is 0.713. The lowest BCUT2D eigenvalue weighted by atomic mass is 9.99. The maximum absolute atomic E-state index is 11.2. The summed E-state index contributed by atoms with van der Waals surface area (Å²) in [6, 6.07) is 14.0. The molecule has 2 heterocycles. The molecule has 2 aliphatic rings. The maximum Gasteiger partial charge on any atom is 0.296 e. The van der Waals surface area contributed by atoms with Crippen molar-refractivity contribution in [2.75, 3.05) is 44.8 Å². The van der Waals surface area contributed by atoms with Crippen molar-refractivity contribution in [3.05, 3.63) is 68.9 Å². The second kappa shape index (κ2) is 8.06. The van der Waals surface area contributed by atoms with E-state index in [-0.39, 0.29) is 17.3 Å². The smallest absolute Gasteiger partial charge is 0.296 e. The van der Waals surface area contributed by atoms with Gasteiger partial charge in [-0.05, 0) is 36.9 Å². The van der Waals surface area contributed by atoms with Crippen molar-refractivity contribution in [3.8, 4) is 0 Å². The van der Waals surface area contributed by atoms with Crippen LogP contribution in [0.5, 0.6) is 0 Å². The number of rotatable bonds is 7. The van der Waals surface area contributed by atoms with E-state index < -0.39 is 0 Å². The van der Waals surface area contributed by atoms with Crippen molar-refractivity contribution in [2.24, 2.45) is 15.9 Å². The van der Waals surface area contributed by atoms with Gasteiger partial charge in [-0.3, -0.25) is 20.1 Å². The number of non-ortho nitro benzene ring substituents is 1. The van der Waals surface area contributed by atoms with Gasteiger partial charge in [-0.15, -0.1) is 0 Å². The number of nitrogens with zero attached hydrogens (tertiary/aromatic N) is 5. The zero-order valence-corrected chi connectivity index (χ0v) is 16.1. The monoisotopic (exact) mass is 379 g/mol. The van der Waals surface area contributed by atoms with Gasteiger partial charge in [-0.25, -0.2) is 0 Å². The Morgan fingerprint density at radius 3 is 2.75 bits per heavy atom. The molecular formula is C21H25N5O2. The highest BCUT2D eigenvalue weighted by Crippen LogP contribution is 2.21. The molecule has 1 saturated heterocycles. The highest BCUT2D eigenvalue weighted by molar-refractivity contribution is 5.50. The van der Waals surface area contributed by atoms with Crippen LogP contribution < -0.4 is 15.6 Å². The minimum Gasteiger partial charge on any atom is -0.372 e. The third kappa shape index (κ3) is 3.89. The Hall–Kier alpha value is -2.80. The molecule has 0 spiro atoms. The summed E-state index contributed by atoms with van der Waals surface area (Å²) >= 11 is 0. The summed E-state index contributed by atoms with van der Waals surface area (Å²) in [4.78, 5) is 24.0. The van der Waals surface area contributed by atoms with Gasteiger partial charge in [0.05, 0.1) is 10.6 Å². The minimum atomic E-state index is -0.385. The van der Waals surface area contributed by atoms with Crippen LogP contribution in [0.2, 0.25) is 0 Å². The van der Waals surface area contributed by atoms with Crippen molar-refractivity contribution in [3.63, 3.8) is 0 Å². The van der Waals surface area contributed by atoms with Gasteiger partial charge < -0.3 is 9.80 Å². The van der Waals surface area contributed by atoms with E-state index in [1.54, 1.807) is 12.1 Å². The fourth-order valence-corrected chi connectivity index (χ4v) is 4.14. The van der Waals surface area contributed by atoms with E-state index >= 15 is 0 Å². The van der Waals surface area contributed by atoms with Crippen LogP contribution in [-0.2, 0) is 6.42 Å². The van der Waals surface area contributed by atoms with Crippen LogP contribution in [0.3, 0.4) is 0 Å². The molecule has 0 bridgehead atoms. The van der Waals surface area contributed by atoms with Crippen LogP contribution >= 0.6 is 0 Å². The first-order valence-corrected chi connectivity index (χ1v) is 9.75. The van der Waals surface area contributed by atoms with Crippen molar-refractivity contribution in [1.29, 1.82) is 0 Å². The molecule has 2 aromatic carbocycles. The van der Waals surface area contributed by atoms with E-state index in [1.807, 2.05) is 7.05 Å². The number of likely N-dealkylation sites (tertiary alicyclic amines) is 1. The number of hydrogen-bond donors (Lipinski definition) is 0. The fourth-order valence-electron chi connectivity index (χ4n) is 4.14. The van der Waals surface area contributed by atoms with E-state index in [2.05, 4.69) is 50.1 Å². The van der Waals surface area contributed by atoms with E-state index in [0.717, 1.165) is 38.3 Å². The topological polar surface area (TPSA) is 74.3 Å².